The van der Waals surface area contributed by atoms with Gasteiger partial charge < -0.3 is 20.4 Å². The second-order valence-corrected chi connectivity index (χ2v) is 1.83. The third-order valence-corrected chi connectivity index (χ3v) is 0.805. The average molecular weight is 462 g/mol. The standard InChI is InChI=1S/C4H6O6.6CHN.Fe.K.NO.Na.2H/c5-1(3(7)8)2(6)4(9)10;6*1-2;;;1-2;;;/h1-2,5-6H,(H,7,8)(H,9,10);6*1H;;;;;;/q;;;;;;;+1;;-1;;;. The van der Waals surface area contributed by atoms with Crippen LogP contribution >= 0.6 is 0 Å². The summed E-state index contributed by atoms with van der Waals surface area (Å²) in [7, 11) is 0. The van der Waals surface area contributed by atoms with Gasteiger partial charge >= 0.3 is 118 Å². The molecule has 0 aliphatic carbocycles. The molecule has 0 heterocycles. The first-order valence-corrected chi connectivity index (χ1v) is 4.67. The van der Waals surface area contributed by atoms with Gasteiger partial charge in [0.25, 0.3) is 0 Å². The predicted octanol–water partition coefficient (Wildman–Crippen LogP) is -2.37. The molecular formula is C10H14FeKN7NaO7. The van der Waals surface area contributed by atoms with Crippen LogP contribution in [0.15, 0.2) is 4.19 Å². The number of carboxylic acid groups (broad SMARTS) is 2. The molecule has 2 unspecified atom stereocenters. The van der Waals surface area contributed by atoms with Gasteiger partial charge in [-0.25, -0.2) is 41.2 Å². The Bertz CT molecular complexity index is 365. The van der Waals surface area contributed by atoms with Gasteiger partial charge in [0, 0.05) is 39.4 Å². The topological polar surface area (TPSA) is 287 Å². The number of aliphatic hydroxyl groups is 2. The summed E-state index contributed by atoms with van der Waals surface area (Å²) in [4.78, 5) is 28.0. The Morgan fingerprint density at radius 1 is 0.704 bits per heavy atom. The first-order valence-electron chi connectivity index (χ1n) is 4.17. The van der Waals surface area contributed by atoms with Gasteiger partial charge in [0.2, 0.25) is 0 Å². The molecule has 0 saturated carbocycles. The molecule has 14 nitrogen and oxygen atoms in total. The minimum absolute atomic E-state index is 0. The van der Waals surface area contributed by atoms with Crippen molar-refractivity contribution in [3.63, 3.8) is 0 Å². The maximum absolute atomic E-state index is 9.77. The Kier molecular flexibility index (Phi) is 241. The first-order chi connectivity index (χ1) is 11.9. The van der Waals surface area contributed by atoms with Crippen molar-refractivity contribution in [3.8, 4) is 39.4 Å². The van der Waals surface area contributed by atoms with Crippen LogP contribution in [0.3, 0.4) is 0 Å². The quantitative estimate of drug-likeness (QED) is 0.252. The monoisotopic (exact) mass is 462 g/mol. The van der Waals surface area contributed by atoms with E-state index in [1.807, 2.05) is 4.19 Å². The molecule has 27 heavy (non-hydrogen) atoms. The molecule has 0 aromatic rings. The van der Waals surface area contributed by atoms with Gasteiger partial charge in [-0.15, -0.1) is 0 Å². The van der Waals surface area contributed by atoms with Gasteiger partial charge in [-0.2, -0.15) is 0 Å². The number of hydrogen-bond donors (Lipinski definition) is 4. The normalized spacial score (nSPS) is 6.78. The maximum atomic E-state index is 9.77. The van der Waals surface area contributed by atoms with Crippen LogP contribution in [-0.4, -0.2) is 126 Å². The average Bonchev–Trinajstić information content (AvgIpc) is 2.70. The van der Waals surface area contributed by atoms with E-state index in [2.05, 4.69) is 55.7 Å². The van der Waals surface area contributed by atoms with Crippen LogP contribution in [0.5, 0.6) is 0 Å². The van der Waals surface area contributed by atoms with Crippen LogP contribution in [-0.2, 0) is 25.8 Å². The van der Waals surface area contributed by atoms with E-state index >= 15 is 0 Å². The molecule has 0 spiro atoms. The van der Waals surface area contributed by atoms with E-state index in [1.54, 1.807) is 0 Å². The number of carbonyl (C=O) groups is 2. The summed E-state index contributed by atoms with van der Waals surface area (Å²) in [6.45, 7) is 21.0. The van der Waals surface area contributed by atoms with Gasteiger partial charge in [0.1, 0.15) is 0 Å². The van der Waals surface area contributed by atoms with Gasteiger partial charge in [-0.3, -0.25) is 0 Å². The number of aliphatic hydroxyl groups excluding tert-OH is 2. The predicted molar refractivity (Wildman–Crippen MR) is 87.4 cm³/mol. The van der Waals surface area contributed by atoms with E-state index in [4.69, 9.17) is 56.9 Å². The van der Waals surface area contributed by atoms with Crippen LogP contribution in [0.4, 0.5) is 0 Å². The molecule has 4 N–H and O–H groups in total. The summed E-state index contributed by atoms with van der Waals surface area (Å²) in [5, 5.41) is 71.5. The van der Waals surface area contributed by atoms with E-state index in [0.717, 1.165) is 0 Å². The van der Waals surface area contributed by atoms with Crippen LogP contribution < -0.4 is 0 Å². The number of nitroso groups, excluding NO2 is 1. The molecule has 0 aliphatic heterocycles. The van der Waals surface area contributed by atoms with Crippen molar-refractivity contribution in [1.82, 2.24) is 0 Å². The Morgan fingerprint density at radius 2 is 0.778 bits per heavy atom. The second kappa shape index (κ2) is 102. The second-order valence-electron chi connectivity index (χ2n) is 1.63. The Hall–Kier alpha value is -1.44. The number of nitrogens with zero attached hydrogens (tertiary/aromatic N) is 7. The van der Waals surface area contributed by atoms with E-state index in [1.165, 1.54) is 0 Å². The third kappa shape index (κ3) is 112. The fourth-order valence-corrected chi connectivity index (χ4v) is 0.270. The zero-order valence-corrected chi connectivity index (χ0v) is 13.2. The van der Waals surface area contributed by atoms with Crippen molar-refractivity contribution < 1.29 is 46.2 Å². The number of hydrogen-bond acceptors (Lipinski definition) is 12. The molecule has 17 heteroatoms. The van der Waals surface area contributed by atoms with E-state index in [-0.39, 0.29) is 80.9 Å². The number of nitriles is 6. The van der Waals surface area contributed by atoms with Gasteiger partial charge in [0.15, 0.2) is 12.2 Å². The van der Waals surface area contributed by atoms with Crippen LogP contribution in [0.2, 0.25) is 0 Å². The number of aliphatic carboxylic acids is 2. The molecular weight excluding hydrogens is 448 g/mol. The summed E-state index contributed by atoms with van der Waals surface area (Å²) in [5.74, 6) is -3.54. The summed E-state index contributed by atoms with van der Waals surface area (Å²) in [6.07, 6.45) is -4.53. The molecule has 0 amide bonds. The Morgan fingerprint density at radius 3 is 0.815 bits per heavy atom. The molecule has 0 aromatic carbocycles. The van der Waals surface area contributed by atoms with Crippen molar-refractivity contribution >= 4 is 92.9 Å². The van der Waals surface area contributed by atoms with Crippen molar-refractivity contribution in [2.45, 2.75) is 12.2 Å². The fraction of sp³-hybridized carbons (Fsp3) is 0.200. The van der Waals surface area contributed by atoms with Crippen LogP contribution in [0, 0.1) is 75.9 Å². The van der Waals surface area contributed by atoms with Gasteiger partial charge in [-0.1, -0.05) is 0 Å². The molecule has 0 saturated heterocycles. The Balaban J connectivity index is -0.0000000181. The van der Waals surface area contributed by atoms with Crippen LogP contribution in [0.25, 0.3) is 0 Å². The summed E-state index contributed by atoms with van der Waals surface area (Å²) >= 11 is 2.56. The van der Waals surface area contributed by atoms with Crippen molar-refractivity contribution in [2.75, 3.05) is 0 Å². The zero-order valence-electron chi connectivity index (χ0n) is 12.1. The molecule has 0 aliphatic rings. The Labute approximate surface area is 228 Å². The molecule has 2 atom stereocenters. The number of carboxylic acids is 2. The summed E-state index contributed by atoms with van der Waals surface area (Å²) in [6, 6.07) is 0. The van der Waals surface area contributed by atoms with Crippen molar-refractivity contribution in [1.29, 1.82) is 31.6 Å². The molecule has 141 valence electrons. The van der Waals surface area contributed by atoms with Crippen molar-refractivity contribution in [3.05, 3.63) is 4.91 Å². The summed E-state index contributed by atoms with van der Waals surface area (Å²) < 4.78 is 2.00. The SMILES string of the molecule is C#N.C#N.C#N.C#N.C#N.C#N.O=C(O)C(O)C(O)C(=O)O.O=[N][Fe].[KH].[NaH]. The fourth-order valence-electron chi connectivity index (χ4n) is 0.270. The molecule has 0 aromatic heterocycles. The molecule has 0 rings (SSSR count). The van der Waals surface area contributed by atoms with E-state index < -0.39 is 24.1 Å². The summed E-state index contributed by atoms with van der Waals surface area (Å²) in [5.41, 5.74) is 0. The molecule has 0 fully saturated rings. The minimum atomic E-state index is -2.27. The van der Waals surface area contributed by atoms with Crippen LogP contribution in [0.1, 0.15) is 0 Å². The molecule has 0 bridgehead atoms. The van der Waals surface area contributed by atoms with Gasteiger partial charge in [0.05, 0.1) is 0 Å². The van der Waals surface area contributed by atoms with E-state index in [0.29, 0.717) is 0 Å². The third-order valence-electron chi connectivity index (χ3n) is 0.805. The van der Waals surface area contributed by atoms with Crippen molar-refractivity contribution in [2.24, 2.45) is 4.19 Å². The number of rotatable bonds is 3. The molecule has 0 radical (unpaired) electrons. The van der Waals surface area contributed by atoms with E-state index in [9.17, 15) is 9.59 Å². The van der Waals surface area contributed by atoms with Gasteiger partial charge in [-0.05, 0) is 0 Å². The zero-order chi connectivity index (χ0) is 23.0. The first kappa shape index (κ1) is 63.7.